The molecule has 1 aromatic carbocycles. The van der Waals surface area contributed by atoms with E-state index in [9.17, 15) is 31.1 Å². The first-order valence-electron chi connectivity index (χ1n) is 11.2. The Hall–Kier alpha value is -4.09. The van der Waals surface area contributed by atoms with E-state index in [1.807, 2.05) is 0 Å². The lowest BCUT2D eigenvalue weighted by Gasteiger charge is -2.31. The van der Waals surface area contributed by atoms with Crippen LogP contribution in [0, 0.1) is 0 Å². The number of pyridine rings is 2. The van der Waals surface area contributed by atoms with Crippen molar-refractivity contribution in [1.82, 2.24) is 14.5 Å². The zero-order valence-electron chi connectivity index (χ0n) is 19.1. The van der Waals surface area contributed by atoms with Gasteiger partial charge in [-0.3, -0.25) is 4.79 Å². The van der Waals surface area contributed by atoms with E-state index < -0.39 is 29.5 Å². The number of hydrogen-bond donors (Lipinski definition) is 1. The smallest absolute Gasteiger partial charge is 0.356 e. The average Bonchev–Trinajstić information content (AvgIpc) is 3.16. The van der Waals surface area contributed by atoms with Gasteiger partial charge in [-0.15, -0.1) is 0 Å². The Balaban J connectivity index is 1.51. The number of fused-ring (bicyclic) bond motifs is 1. The predicted molar refractivity (Wildman–Crippen MR) is 124 cm³/mol. The van der Waals surface area contributed by atoms with Crippen LogP contribution in [0.25, 0.3) is 11.0 Å². The molecule has 1 aliphatic rings. The first-order valence-corrected chi connectivity index (χ1v) is 11.2. The fourth-order valence-electron chi connectivity index (χ4n) is 4.07. The van der Waals surface area contributed by atoms with Crippen molar-refractivity contribution >= 4 is 28.4 Å². The minimum absolute atomic E-state index is 0.0638. The highest BCUT2D eigenvalue weighted by atomic mass is 19.4. The van der Waals surface area contributed by atoms with Gasteiger partial charge in [-0.2, -0.15) is 26.3 Å². The number of nitrogens with one attached hydrogen (secondary N) is 1. The van der Waals surface area contributed by atoms with Gasteiger partial charge in [-0.25, -0.2) is 9.97 Å². The SMILES string of the molecule is O=C(Nc1ccc(N2CCC2)nc1)c1cc2nc(C(F)(F)F)ccc2n1Cc1cccc(C(F)(F)F)c1. The summed E-state index contributed by atoms with van der Waals surface area (Å²) in [5.41, 5.74) is -1.46. The van der Waals surface area contributed by atoms with Gasteiger partial charge < -0.3 is 14.8 Å². The molecule has 0 spiro atoms. The van der Waals surface area contributed by atoms with Crippen molar-refractivity contribution in [1.29, 1.82) is 0 Å². The fourth-order valence-corrected chi connectivity index (χ4v) is 4.07. The molecule has 1 saturated heterocycles. The highest BCUT2D eigenvalue weighted by molar-refractivity contribution is 6.06. The summed E-state index contributed by atoms with van der Waals surface area (Å²) in [4.78, 5) is 23.2. The quantitative estimate of drug-likeness (QED) is 0.330. The predicted octanol–water partition coefficient (Wildman–Crippen LogP) is 5.98. The highest BCUT2D eigenvalue weighted by Crippen LogP contribution is 2.32. The summed E-state index contributed by atoms with van der Waals surface area (Å²) < 4.78 is 80.7. The molecule has 0 aliphatic carbocycles. The molecule has 6 nitrogen and oxygen atoms in total. The first kappa shape index (κ1) is 24.6. The zero-order valence-corrected chi connectivity index (χ0v) is 19.1. The van der Waals surface area contributed by atoms with E-state index in [4.69, 9.17) is 0 Å². The molecule has 4 heterocycles. The Morgan fingerprint density at radius 1 is 0.946 bits per heavy atom. The summed E-state index contributed by atoms with van der Waals surface area (Å²) in [6, 6.07) is 11.0. The van der Waals surface area contributed by atoms with Crippen molar-refractivity contribution in [2.75, 3.05) is 23.3 Å². The summed E-state index contributed by atoms with van der Waals surface area (Å²) in [5.74, 6) is 0.0869. The molecule has 4 aromatic rings. The van der Waals surface area contributed by atoms with Crippen molar-refractivity contribution in [3.8, 4) is 0 Å². The van der Waals surface area contributed by atoms with Gasteiger partial charge >= 0.3 is 12.4 Å². The maximum Gasteiger partial charge on any atom is 0.433 e. The molecule has 37 heavy (non-hydrogen) atoms. The van der Waals surface area contributed by atoms with Gasteiger partial charge in [-0.05, 0) is 54.4 Å². The third kappa shape index (κ3) is 5.09. The Bertz CT molecular complexity index is 1460. The number of alkyl halides is 6. The van der Waals surface area contributed by atoms with E-state index in [1.165, 1.54) is 29.0 Å². The summed E-state index contributed by atoms with van der Waals surface area (Å²) >= 11 is 0. The molecule has 1 N–H and O–H groups in total. The molecule has 0 unspecified atom stereocenters. The zero-order chi connectivity index (χ0) is 26.4. The van der Waals surface area contributed by atoms with Crippen molar-refractivity contribution in [2.45, 2.75) is 25.3 Å². The number of amides is 1. The average molecular weight is 519 g/mol. The number of hydrogen-bond acceptors (Lipinski definition) is 4. The maximum atomic E-state index is 13.2. The topological polar surface area (TPSA) is 63.1 Å². The number of benzene rings is 1. The van der Waals surface area contributed by atoms with E-state index in [1.54, 1.807) is 12.1 Å². The molecule has 12 heteroatoms. The monoisotopic (exact) mass is 519 g/mol. The standard InChI is InChI=1S/C25H19F6N5O/c26-24(27,28)16-4-1-3-15(11-16)14-36-19-6-7-21(25(29,30)31)34-18(19)12-20(36)23(37)33-17-5-8-22(32-13-17)35-9-2-10-35/h1,3-8,11-13H,2,9-10,14H2,(H,33,37). The van der Waals surface area contributed by atoms with Crippen LogP contribution in [0.4, 0.5) is 37.8 Å². The van der Waals surface area contributed by atoms with Crippen molar-refractivity contribution in [3.63, 3.8) is 0 Å². The van der Waals surface area contributed by atoms with Crippen LogP contribution in [0.5, 0.6) is 0 Å². The van der Waals surface area contributed by atoms with Crippen LogP contribution in [-0.4, -0.2) is 33.5 Å². The molecule has 0 saturated carbocycles. The molecular formula is C25H19F6N5O. The number of halogens is 6. The first-order chi connectivity index (χ1) is 17.5. The Morgan fingerprint density at radius 2 is 1.73 bits per heavy atom. The van der Waals surface area contributed by atoms with E-state index in [-0.39, 0.29) is 28.8 Å². The minimum Gasteiger partial charge on any atom is -0.356 e. The second-order valence-electron chi connectivity index (χ2n) is 8.61. The van der Waals surface area contributed by atoms with Crippen LogP contribution in [-0.2, 0) is 18.9 Å². The maximum absolute atomic E-state index is 13.2. The summed E-state index contributed by atoms with van der Waals surface area (Å²) in [7, 11) is 0. The molecule has 3 aromatic heterocycles. The van der Waals surface area contributed by atoms with Gasteiger partial charge in [0.1, 0.15) is 17.2 Å². The summed E-state index contributed by atoms with van der Waals surface area (Å²) in [6.45, 7) is 1.58. The molecular weight excluding hydrogens is 500 g/mol. The van der Waals surface area contributed by atoms with E-state index >= 15 is 0 Å². The van der Waals surface area contributed by atoms with Gasteiger partial charge in [0.2, 0.25) is 0 Å². The van der Waals surface area contributed by atoms with Gasteiger partial charge in [0.05, 0.1) is 28.5 Å². The normalized spacial score (nSPS) is 14.1. The lowest BCUT2D eigenvalue weighted by Crippen LogP contribution is -2.37. The van der Waals surface area contributed by atoms with Gasteiger partial charge in [0, 0.05) is 19.6 Å². The molecule has 1 fully saturated rings. The van der Waals surface area contributed by atoms with Crippen LogP contribution in [0.1, 0.15) is 33.7 Å². The molecule has 192 valence electrons. The minimum atomic E-state index is -4.70. The molecule has 0 atom stereocenters. The van der Waals surface area contributed by atoms with Crippen LogP contribution >= 0.6 is 0 Å². The Morgan fingerprint density at radius 3 is 2.35 bits per heavy atom. The van der Waals surface area contributed by atoms with E-state index in [2.05, 4.69) is 20.2 Å². The second kappa shape index (κ2) is 9.09. The van der Waals surface area contributed by atoms with Crippen molar-refractivity contribution in [3.05, 3.63) is 83.3 Å². The molecule has 0 bridgehead atoms. The number of anilines is 2. The molecule has 1 amide bonds. The number of carbonyl (C=O) groups is 1. The van der Waals surface area contributed by atoms with E-state index in [0.717, 1.165) is 49.6 Å². The highest BCUT2D eigenvalue weighted by Gasteiger charge is 2.33. The largest absolute Gasteiger partial charge is 0.433 e. The third-order valence-corrected chi connectivity index (χ3v) is 6.06. The Labute approximate surface area is 206 Å². The third-order valence-electron chi connectivity index (χ3n) is 6.06. The fraction of sp³-hybridized carbons (Fsp3) is 0.240. The number of rotatable bonds is 5. The van der Waals surface area contributed by atoms with Crippen LogP contribution in [0.3, 0.4) is 0 Å². The molecule has 0 radical (unpaired) electrons. The van der Waals surface area contributed by atoms with Crippen LogP contribution in [0.2, 0.25) is 0 Å². The van der Waals surface area contributed by atoms with Crippen LogP contribution in [0.15, 0.2) is 60.8 Å². The lowest BCUT2D eigenvalue weighted by molar-refractivity contribution is -0.141. The second-order valence-corrected chi connectivity index (χ2v) is 8.61. The van der Waals surface area contributed by atoms with Gasteiger partial charge in [0.15, 0.2) is 0 Å². The Kier molecular flexibility index (Phi) is 6.04. The molecule has 1 aliphatic heterocycles. The number of aromatic nitrogens is 3. The van der Waals surface area contributed by atoms with Crippen molar-refractivity contribution < 1.29 is 31.1 Å². The number of nitrogens with zero attached hydrogens (tertiary/aromatic N) is 4. The van der Waals surface area contributed by atoms with E-state index in [0.29, 0.717) is 5.69 Å². The summed E-state index contributed by atoms with van der Waals surface area (Å²) in [5, 5.41) is 2.66. The number of carbonyl (C=O) groups excluding carboxylic acids is 1. The van der Waals surface area contributed by atoms with Gasteiger partial charge in [-0.1, -0.05) is 12.1 Å². The van der Waals surface area contributed by atoms with Crippen LogP contribution < -0.4 is 10.2 Å². The van der Waals surface area contributed by atoms with Gasteiger partial charge in [0.25, 0.3) is 5.91 Å². The van der Waals surface area contributed by atoms with Crippen molar-refractivity contribution in [2.24, 2.45) is 0 Å². The summed E-state index contributed by atoms with van der Waals surface area (Å²) in [6.07, 6.45) is -6.75. The molecule has 5 rings (SSSR count). The lowest BCUT2D eigenvalue weighted by atomic mass is 10.1.